The maximum atomic E-state index is 13.5. The van der Waals surface area contributed by atoms with Gasteiger partial charge >= 0.3 is 6.03 Å². The summed E-state index contributed by atoms with van der Waals surface area (Å²) < 4.78 is 10.7. The molecule has 1 N–H and O–H groups in total. The zero-order chi connectivity index (χ0) is 23.2. The van der Waals surface area contributed by atoms with Crippen molar-refractivity contribution in [3.05, 3.63) is 90.0 Å². The van der Waals surface area contributed by atoms with Crippen molar-refractivity contribution in [1.29, 1.82) is 0 Å². The predicted molar refractivity (Wildman–Crippen MR) is 127 cm³/mol. The maximum Gasteiger partial charge on any atom is 0.321 e. The van der Waals surface area contributed by atoms with Gasteiger partial charge in [-0.2, -0.15) is 0 Å². The second-order valence-electron chi connectivity index (χ2n) is 7.74. The van der Waals surface area contributed by atoms with Crippen LogP contribution in [0.5, 0.6) is 11.5 Å². The lowest BCUT2D eigenvalue weighted by Crippen LogP contribution is -2.53. The first kappa shape index (κ1) is 22.2. The van der Waals surface area contributed by atoms with Crippen LogP contribution in [-0.2, 0) is 0 Å². The summed E-state index contributed by atoms with van der Waals surface area (Å²) in [5.41, 5.74) is 2.22. The van der Waals surface area contributed by atoms with Crippen LogP contribution in [-0.4, -0.2) is 55.6 Å². The minimum Gasteiger partial charge on any atom is -0.493 e. The van der Waals surface area contributed by atoms with Gasteiger partial charge in [-0.3, -0.25) is 4.79 Å². The molecule has 1 aliphatic heterocycles. The molecule has 170 valence electrons. The van der Waals surface area contributed by atoms with Gasteiger partial charge in [0.2, 0.25) is 0 Å². The van der Waals surface area contributed by atoms with Crippen LogP contribution in [0.3, 0.4) is 0 Å². The van der Waals surface area contributed by atoms with Crippen LogP contribution in [0.1, 0.15) is 22.0 Å². The number of piperazine rings is 1. The molecular formula is C26H27N3O4. The molecule has 1 atom stereocenters. The minimum absolute atomic E-state index is 0.118. The van der Waals surface area contributed by atoms with Gasteiger partial charge in [0.25, 0.3) is 5.91 Å². The molecule has 0 aliphatic carbocycles. The number of amides is 3. The minimum atomic E-state index is -0.276. The van der Waals surface area contributed by atoms with E-state index >= 15 is 0 Å². The summed E-state index contributed by atoms with van der Waals surface area (Å²) in [5.74, 6) is 0.949. The number of para-hydroxylation sites is 1. The van der Waals surface area contributed by atoms with Crippen molar-refractivity contribution >= 4 is 17.6 Å². The lowest BCUT2D eigenvalue weighted by molar-refractivity contribution is 0.0516. The van der Waals surface area contributed by atoms with Crippen LogP contribution in [0.25, 0.3) is 0 Å². The van der Waals surface area contributed by atoms with Gasteiger partial charge < -0.3 is 24.6 Å². The van der Waals surface area contributed by atoms with E-state index in [1.54, 1.807) is 37.3 Å². The first-order valence-electron chi connectivity index (χ1n) is 10.8. The smallest absolute Gasteiger partial charge is 0.321 e. The zero-order valence-corrected chi connectivity index (χ0v) is 18.7. The van der Waals surface area contributed by atoms with Crippen molar-refractivity contribution in [3.8, 4) is 11.5 Å². The molecule has 0 radical (unpaired) electrons. The SMILES string of the molecule is COc1ccc(C(=O)N2CCN(C(=O)Nc3ccccc3)CC2c2ccccc2)cc1OC. The molecule has 4 rings (SSSR count). The lowest BCUT2D eigenvalue weighted by Gasteiger charge is -2.41. The van der Waals surface area contributed by atoms with Crippen LogP contribution >= 0.6 is 0 Å². The molecule has 0 saturated carbocycles. The molecular weight excluding hydrogens is 418 g/mol. The fraction of sp³-hybridized carbons (Fsp3) is 0.231. The zero-order valence-electron chi connectivity index (χ0n) is 18.7. The van der Waals surface area contributed by atoms with Gasteiger partial charge in [-0.05, 0) is 35.9 Å². The molecule has 3 amide bonds. The number of nitrogens with zero attached hydrogens (tertiary/aromatic N) is 2. The van der Waals surface area contributed by atoms with Crippen molar-refractivity contribution in [2.75, 3.05) is 39.2 Å². The summed E-state index contributed by atoms with van der Waals surface area (Å²) >= 11 is 0. The standard InChI is InChI=1S/C26H27N3O4/c1-32-23-14-13-20(17-24(23)33-2)25(30)29-16-15-28(18-22(29)19-9-5-3-6-10-19)26(31)27-21-11-7-4-8-12-21/h3-14,17,22H,15-16,18H2,1-2H3,(H,27,31). The van der Waals surface area contributed by atoms with E-state index in [4.69, 9.17) is 9.47 Å². The predicted octanol–water partition coefficient (Wildman–Crippen LogP) is 4.44. The first-order chi connectivity index (χ1) is 16.1. The van der Waals surface area contributed by atoms with Crippen LogP contribution in [0.4, 0.5) is 10.5 Å². The van der Waals surface area contributed by atoms with E-state index in [9.17, 15) is 9.59 Å². The van der Waals surface area contributed by atoms with E-state index in [-0.39, 0.29) is 18.0 Å². The second kappa shape index (κ2) is 10.1. The second-order valence-corrected chi connectivity index (χ2v) is 7.74. The number of methoxy groups -OCH3 is 2. The Morgan fingerprint density at radius 1 is 0.848 bits per heavy atom. The van der Waals surface area contributed by atoms with E-state index in [1.807, 2.05) is 65.6 Å². The van der Waals surface area contributed by atoms with Crippen molar-refractivity contribution in [2.24, 2.45) is 0 Å². The Bertz CT molecular complexity index is 1110. The molecule has 1 aliphatic rings. The highest BCUT2D eigenvalue weighted by atomic mass is 16.5. The summed E-state index contributed by atoms with van der Waals surface area (Å²) in [4.78, 5) is 30.0. The van der Waals surface area contributed by atoms with Crippen molar-refractivity contribution < 1.29 is 19.1 Å². The number of rotatable bonds is 5. The van der Waals surface area contributed by atoms with Gasteiger partial charge in [-0.15, -0.1) is 0 Å². The van der Waals surface area contributed by atoms with Gasteiger partial charge in [0, 0.05) is 30.9 Å². The van der Waals surface area contributed by atoms with E-state index in [2.05, 4.69) is 5.32 Å². The fourth-order valence-corrected chi connectivity index (χ4v) is 4.03. The van der Waals surface area contributed by atoms with E-state index in [0.717, 1.165) is 11.3 Å². The number of hydrogen-bond donors (Lipinski definition) is 1. The Labute approximate surface area is 193 Å². The van der Waals surface area contributed by atoms with E-state index < -0.39 is 0 Å². The quantitative estimate of drug-likeness (QED) is 0.631. The number of urea groups is 1. The highest BCUT2D eigenvalue weighted by Crippen LogP contribution is 2.31. The topological polar surface area (TPSA) is 71.1 Å². The number of anilines is 1. The van der Waals surface area contributed by atoms with Crippen molar-refractivity contribution in [2.45, 2.75) is 6.04 Å². The number of benzene rings is 3. The van der Waals surface area contributed by atoms with Crippen LogP contribution < -0.4 is 14.8 Å². The fourth-order valence-electron chi connectivity index (χ4n) is 4.03. The number of hydrogen-bond acceptors (Lipinski definition) is 4. The highest BCUT2D eigenvalue weighted by Gasteiger charge is 2.34. The molecule has 1 saturated heterocycles. The normalized spacial score (nSPS) is 15.6. The first-order valence-corrected chi connectivity index (χ1v) is 10.8. The molecule has 7 nitrogen and oxygen atoms in total. The molecule has 0 aromatic heterocycles. The summed E-state index contributed by atoms with van der Waals surface area (Å²) in [5, 5.41) is 2.94. The van der Waals surface area contributed by atoms with Crippen LogP contribution in [0, 0.1) is 0 Å². The molecule has 0 bridgehead atoms. The Balaban J connectivity index is 1.58. The third-order valence-electron chi connectivity index (χ3n) is 5.77. The summed E-state index contributed by atoms with van der Waals surface area (Å²) in [6.45, 7) is 1.23. The van der Waals surface area contributed by atoms with Crippen molar-refractivity contribution in [3.63, 3.8) is 0 Å². The molecule has 1 fully saturated rings. The number of nitrogens with one attached hydrogen (secondary N) is 1. The number of ether oxygens (including phenoxy) is 2. The molecule has 3 aromatic rings. The van der Waals surface area contributed by atoms with E-state index in [1.165, 1.54) is 0 Å². The van der Waals surface area contributed by atoms with Crippen LogP contribution in [0.2, 0.25) is 0 Å². The Hall–Kier alpha value is -4.00. The highest BCUT2D eigenvalue weighted by molar-refractivity contribution is 5.96. The maximum absolute atomic E-state index is 13.5. The largest absolute Gasteiger partial charge is 0.493 e. The van der Waals surface area contributed by atoms with E-state index in [0.29, 0.717) is 36.7 Å². The molecule has 3 aromatic carbocycles. The molecule has 1 unspecified atom stereocenters. The average molecular weight is 446 g/mol. The average Bonchev–Trinajstić information content (AvgIpc) is 2.88. The number of carbonyl (C=O) groups is 2. The van der Waals surface area contributed by atoms with Crippen molar-refractivity contribution in [1.82, 2.24) is 9.80 Å². The summed E-state index contributed by atoms with van der Waals surface area (Å²) in [6.07, 6.45) is 0. The summed E-state index contributed by atoms with van der Waals surface area (Å²) in [7, 11) is 3.10. The number of carbonyl (C=O) groups excluding carboxylic acids is 2. The summed E-state index contributed by atoms with van der Waals surface area (Å²) in [6, 6.07) is 23.8. The molecule has 7 heteroatoms. The Kier molecular flexibility index (Phi) is 6.78. The van der Waals surface area contributed by atoms with Gasteiger partial charge in [0.15, 0.2) is 11.5 Å². The van der Waals surface area contributed by atoms with Gasteiger partial charge in [0.1, 0.15) is 0 Å². The third kappa shape index (κ3) is 4.92. The molecule has 33 heavy (non-hydrogen) atoms. The third-order valence-corrected chi connectivity index (χ3v) is 5.77. The molecule has 0 spiro atoms. The Morgan fingerprint density at radius 3 is 2.18 bits per heavy atom. The Morgan fingerprint density at radius 2 is 1.52 bits per heavy atom. The van der Waals surface area contributed by atoms with Gasteiger partial charge in [-0.1, -0.05) is 48.5 Å². The monoisotopic (exact) mass is 445 g/mol. The van der Waals surface area contributed by atoms with Crippen LogP contribution in [0.15, 0.2) is 78.9 Å². The lowest BCUT2D eigenvalue weighted by atomic mass is 10.0. The molecule has 1 heterocycles. The van der Waals surface area contributed by atoms with Gasteiger partial charge in [-0.25, -0.2) is 4.79 Å². The van der Waals surface area contributed by atoms with Gasteiger partial charge in [0.05, 0.1) is 20.3 Å².